The fourth-order valence-electron chi connectivity index (χ4n) is 4.15. The largest absolute Gasteiger partial charge is 0.494 e. The quantitative estimate of drug-likeness (QED) is 0.673. The van der Waals surface area contributed by atoms with Gasteiger partial charge in [-0.15, -0.1) is 0 Å². The predicted octanol–water partition coefficient (Wildman–Crippen LogP) is 3.74. The minimum Gasteiger partial charge on any atom is -0.494 e. The van der Waals surface area contributed by atoms with Crippen LogP contribution in [0.3, 0.4) is 0 Å². The fourth-order valence-corrected chi connectivity index (χ4v) is 4.15. The Kier molecular flexibility index (Phi) is 5.35. The van der Waals surface area contributed by atoms with Gasteiger partial charge >= 0.3 is 0 Å². The molecule has 2 heterocycles. The number of rotatable bonds is 6. The van der Waals surface area contributed by atoms with Crippen molar-refractivity contribution < 1.29 is 19.1 Å². The van der Waals surface area contributed by atoms with E-state index in [0.29, 0.717) is 28.9 Å². The van der Waals surface area contributed by atoms with Crippen molar-refractivity contribution in [2.24, 2.45) is 0 Å². The number of carbonyl (C=O) groups excluding carboxylic acids is 1. The lowest BCUT2D eigenvalue weighted by Gasteiger charge is -2.24. The number of aryl methyl sites for hydroxylation is 2. The second-order valence-corrected chi connectivity index (χ2v) is 7.68. The topological polar surface area (TPSA) is 80.0 Å². The summed E-state index contributed by atoms with van der Waals surface area (Å²) in [5.41, 5.74) is 3.05. The Morgan fingerprint density at radius 3 is 2.70 bits per heavy atom. The van der Waals surface area contributed by atoms with Crippen molar-refractivity contribution in [2.45, 2.75) is 33.2 Å². The van der Waals surface area contributed by atoms with Crippen molar-refractivity contribution in [3.8, 4) is 5.75 Å². The molecule has 0 bridgehead atoms. The fraction of sp³-hybridized carbons (Fsp3) is 0.333. The van der Waals surface area contributed by atoms with E-state index in [-0.39, 0.29) is 30.2 Å². The predicted molar refractivity (Wildman–Crippen MR) is 114 cm³/mol. The lowest BCUT2D eigenvalue weighted by atomic mass is 9.97. The summed E-state index contributed by atoms with van der Waals surface area (Å²) in [7, 11) is 0. The van der Waals surface area contributed by atoms with Crippen molar-refractivity contribution in [1.82, 2.24) is 4.90 Å². The van der Waals surface area contributed by atoms with Crippen molar-refractivity contribution >= 4 is 16.9 Å². The zero-order chi connectivity index (χ0) is 21.4. The van der Waals surface area contributed by atoms with E-state index < -0.39 is 6.04 Å². The van der Waals surface area contributed by atoms with E-state index in [1.165, 1.54) is 4.90 Å². The highest BCUT2D eigenvalue weighted by Gasteiger charge is 2.42. The molecule has 1 unspecified atom stereocenters. The van der Waals surface area contributed by atoms with Crippen LogP contribution in [0, 0.1) is 13.8 Å². The second-order valence-electron chi connectivity index (χ2n) is 7.68. The summed E-state index contributed by atoms with van der Waals surface area (Å²) in [5, 5.41) is 10.0. The van der Waals surface area contributed by atoms with Gasteiger partial charge in [0.15, 0.2) is 5.43 Å². The molecule has 3 aromatic rings. The summed E-state index contributed by atoms with van der Waals surface area (Å²) < 4.78 is 11.7. The molecule has 2 aromatic carbocycles. The Balaban J connectivity index is 1.95. The number of aliphatic hydroxyl groups excluding tert-OH is 1. The van der Waals surface area contributed by atoms with Crippen LogP contribution in [0.2, 0.25) is 0 Å². The van der Waals surface area contributed by atoms with Crippen molar-refractivity contribution in [1.29, 1.82) is 0 Å². The van der Waals surface area contributed by atoms with E-state index in [0.717, 1.165) is 23.1 Å². The monoisotopic (exact) mass is 407 g/mol. The summed E-state index contributed by atoms with van der Waals surface area (Å²) in [6.45, 7) is 6.28. The number of aliphatic hydroxyl groups is 1. The molecule has 1 amide bonds. The number of hydrogen-bond donors (Lipinski definition) is 1. The summed E-state index contributed by atoms with van der Waals surface area (Å²) in [4.78, 5) is 28.2. The molecule has 0 radical (unpaired) electrons. The molecule has 1 aliphatic heterocycles. The van der Waals surface area contributed by atoms with Crippen LogP contribution in [0.5, 0.6) is 5.75 Å². The van der Waals surface area contributed by atoms with Crippen LogP contribution in [-0.2, 0) is 0 Å². The van der Waals surface area contributed by atoms with E-state index in [9.17, 15) is 14.7 Å². The summed E-state index contributed by atoms with van der Waals surface area (Å²) >= 11 is 0. The Bertz CT molecular complexity index is 1180. The van der Waals surface area contributed by atoms with Gasteiger partial charge < -0.3 is 19.2 Å². The molecule has 1 aliphatic rings. The molecule has 4 rings (SSSR count). The van der Waals surface area contributed by atoms with Crippen molar-refractivity contribution in [2.75, 3.05) is 19.8 Å². The molecule has 6 heteroatoms. The zero-order valence-corrected chi connectivity index (χ0v) is 17.4. The average Bonchev–Trinajstić information content (AvgIpc) is 3.00. The van der Waals surface area contributed by atoms with Gasteiger partial charge in [0.05, 0.1) is 30.2 Å². The number of carbonyl (C=O) groups is 1. The molecule has 1 atom stereocenters. The molecule has 0 spiro atoms. The van der Waals surface area contributed by atoms with Gasteiger partial charge in [0.2, 0.25) is 5.76 Å². The Labute approximate surface area is 174 Å². The third kappa shape index (κ3) is 3.27. The molecule has 6 nitrogen and oxygen atoms in total. The van der Waals surface area contributed by atoms with Gasteiger partial charge in [-0.05, 0) is 55.2 Å². The zero-order valence-electron chi connectivity index (χ0n) is 17.4. The molecule has 156 valence electrons. The van der Waals surface area contributed by atoms with Crippen LogP contribution in [0.25, 0.3) is 11.0 Å². The number of hydrogen-bond acceptors (Lipinski definition) is 5. The second kappa shape index (κ2) is 7.95. The molecule has 0 saturated heterocycles. The first-order valence-electron chi connectivity index (χ1n) is 10.2. The summed E-state index contributed by atoms with van der Waals surface area (Å²) in [6, 6.07) is 10.5. The molecule has 30 heavy (non-hydrogen) atoms. The first-order chi connectivity index (χ1) is 14.5. The third-order valence-corrected chi connectivity index (χ3v) is 5.38. The average molecular weight is 407 g/mol. The van der Waals surface area contributed by atoms with Crippen LogP contribution in [0.15, 0.2) is 45.6 Å². The Hall–Kier alpha value is -3.12. The van der Waals surface area contributed by atoms with E-state index in [1.54, 1.807) is 6.07 Å². The van der Waals surface area contributed by atoms with Gasteiger partial charge in [-0.2, -0.15) is 0 Å². The maximum absolute atomic E-state index is 13.5. The number of ether oxygens (including phenoxy) is 1. The molecule has 0 fully saturated rings. The molecule has 0 saturated carbocycles. The minimum absolute atomic E-state index is 0.0535. The first kappa shape index (κ1) is 20.2. The highest BCUT2D eigenvalue weighted by Crippen LogP contribution is 2.39. The number of β-amino-alcohol motifs (C(OH)–C–C–N with tert-alkyl or cyclic N) is 1. The number of fused-ring (bicyclic) bond motifs is 2. The Morgan fingerprint density at radius 1 is 1.17 bits per heavy atom. The van der Waals surface area contributed by atoms with Gasteiger partial charge in [-0.1, -0.05) is 25.1 Å². The number of benzene rings is 2. The maximum Gasteiger partial charge on any atom is 0.290 e. The summed E-state index contributed by atoms with van der Waals surface area (Å²) in [5.74, 6) is 0.344. The van der Waals surface area contributed by atoms with Gasteiger partial charge in [0.25, 0.3) is 5.91 Å². The first-order valence-corrected chi connectivity index (χ1v) is 10.2. The van der Waals surface area contributed by atoms with Crippen LogP contribution >= 0.6 is 0 Å². The van der Waals surface area contributed by atoms with Gasteiger partial charge in [0.1, 0.15) is 11.3 Å². The highest BCUT2D eigenvalue weighted by atomic mass is 16.5. The van der Waals surface area contributed by atoms with Gasteiger partial charge in [-0.25, -0.2) is 0 Å². The van der Waals surface area contributed by atoms with Crippen LogP contribution < -0.4 is 10.2 Å². The lowest BCUT2D eigenvalue weighted by Crippen LogP contribution is -2.32. The van der Waals surface area contributed by atoms with E-state index in [2.05, 4.69) is 0 Å². The third-order valence-electron chi connectivity index (χ3n) is 5.38. The molecule has 1 N–H and O–H groups in total. The highest BCUT2D eigenvalue weighted by molar-refractivity contribution is 5.99. The van der Waals surface area contributed by atoms with Crippen LogP contribution in [0.4, 0.5) is 0 Å². The maximum atomic E-state index is 13.5. The van der Waals surface area contributed by atoms with Crippen LogP contribution in [-0.4, -0.2) is 35.7 Å². The molecule has 0 aliphatic carbocycles. The number of nitrogens with zero attached hydrogens (tertiary/aromatic N) is 1. The lowest BCUT2D eigenvalue weighted by molar-refractivity contribution is 0.0691. The normalized spacial score (nSPS) is 15.7. The number of amides is 1. The summed E-state index contributed by atoms with van der Waals surface area (Å²) in [6.07, 6.45) is 0.875. The van der Waals surface area contributed by atoms with Gasteiger partial charge in [0, 0.05) is 6.54 Å². The molecule has 1 aromatic heterocycles. The van der Waals surface area contributed by atoms with Crippen LogP contribution in [0.1, 0.15) is 52.2 Å². The Morgan fingerprint density at radius 2 is 1.97 bits per heavy atom. The van der Waals surface area contributed by atoms with Gasteiger partial charge in [-0.3, -0.25) is 9.59 Å². The standard InChI is InChI=1S/C24H25NO5/c1-4-10-29-17-7-5-6-16(13-17)20-19-21(27)18-12-14(2)11-15(3)22(18)30-23(19)24(28)25(20)8-9-26/h5-7,11-13,20,26H,4,8-10H2,1-3H3. The van der Waals surface area contributed by atoms with Crippen molar-refractivity contribution in [3.63, 3.8) is 0 Å². The molecular formula is C24H25NO5. The minimum atomic E-state index is -0.633. The SMILES string of the molecule is CCCOc1cccc(C2c3c(oc4c(C)cc(C)cc4c3=O)C(=O)N2CCO)c1. The van der Waals surface area contributed by atoms with E-state index in [4.69, 9.17) is 9.15 Å². The smallest absolute Gasteiger partial charge is 0.290 e. The van der Waals surface area contributed by atoms with E-state index in [1.807, 2.05) is 51.1 Å². The van der Waals surface area contributed by atoms with E-state index >= 15 is 0 Å². The molecular weight excluding hydrogens is 382 g/mol. The van der Waals surface area contributed by atoms with Crippen molar-refractivity contribution in [3.05, 3.63) is 74.6 Å².